The molecule has 0 amide bonds. The monoisotopic (exact) mass is 223 g/mol. The molecule has 0 aliphatic carbocycles. The molecule has 0 spiro atoms. The summed E-state index contributed by atoms with van der Waals surface area (Å²) in [6.07, 6.45) is 1.28. The number of hydrogen-bond donors (Lipinski definition) is 2. The van der Waals surface area contributed by atoms with Crippen molar-refractivity contribution < 1.29 is 14.4 Å². The van der Waals surface area contributed by atoms with Crippen LogP contribution in [0.2, 0.25) is 1.41 Å². The Balaban J connectivity index is 2.06. The van der Waals surface area contributed by atoms with E-state index in [0.717, 1.165) is 39.1 Å². The molecule has 14 heavy (non-hydrogen) atoms. The lowest BCUT2D eigenvalue weighted by atomic mass is 10.3. The Bertz CT molecular complexity index is 276. The SMILES string of the molecule is [2H]N1CCN(CCCCS(=O)(=O)O)CC1. The third-order valence-electron chi connectivity index (χ3n) is 2.28. The van der Waals surface area contributed by atoms with Crippen LogP contribution in [0.3, 0.4) is 0 Å². The number of hydrogen-bond acceptors (Lipinski definition) is 4. The number of nitrogens with one attached hydrogen (secondary N) is 1. The van der Waals surface area contributed by atoms with Crippen molar-refractivity contribution in [2.75, 3.05) is 38.5 Å². The van der Waals surface area contributed by atoms with Crippen molar-refractivity contribution in [2.45, 2.75) is 12.8 Å². The minimum atomic E-state index is -3.79. The highest BCUT2D eigenvalue weighted by Gasteiger charge is 2.09. The molecule has 0 aromatic rings. The topological polar surface area (TPSA) is 69.6 Å². The molecular weight excluding hydrogens is 204 g/mol. The van der Waals surface area contributed by atoms with Crippen LogP contribution >= 0.6 is 0 Å². The molecule has 1 rings (SSSR count). The van der Waals surface area contributed by atoms with Gasteiger partial charge in [-0.1, -0.05) is 0 Å². The van der Waals surface area contributed by atoms with Gasteiger partial charge in [0.1, 0.15) is 1.41 Å². The van der Waals surface area contributed by atoms with Crippen molar-refractivity contribution in [1.29, 1.82) is 0 Å². The Morgan fingerprint density at radius 3 is 2.57 bits per heavy atom. The summed E-state index contributed by atoms with van der Waals surface area (Å²) in [5.41, 5.74) is 0. The third-order valence-corrected chi connectivity index (χ3v) is 3.08. The number of piperazine rings is 1. The van der Waals surface area contributed by atoms with Gasteiger partial charge < -0.3 is 10.2 Å². The fraction of sp³-hybridized carbons (Fsp3) is 1.00. The second-order valence-corrected chi connectivity index (χ2v) is 5.08. The van der Waals surface area contributed by atoms with Crippen LogP contribution in [0.5, 0.6) is 0 Å². The van der Waals surface area contributed by atoms with E-state index in [-0.39, 0.29) is 5.75 Å². The van der Waals surface area contributed by atoms with Gasteiger partial charge in [0, 0.05) is 26.2 Å². The molecule has 0 bridgehead atoms. The molecule has 6 heteroatoms. The minimum absolute atomic E-state index is 0.147. The summed E-state index contributed by atoms with van der Waals surface area (Å²) in [5.74, 6) is -0.147. The van der Waals surface area contributed by atoms with Gasteiger partial charge in [0.2, 0.25) is 0 Å². The van der Waals surface area contributed by atoms with Gasteiger partial charge in [-0.2, -0.15) is 8.42 Å². The highest BCUT2D eigenvalue weighted by molar-refractivity contribution is 7.85. The summed E-state index contributed by atoms with van der Waals surface area (Å²) in [5, 5.41) is 1.54. The standard InChI is InChI=1S/C8H18N2O3S/c11-14(12,13)8-2-1-5-10-6-3-9-4-7-10/h9H,1-8H2,(H,11,12,13)/i/hD. The molecule has 5 nitrogen and oxygen atoms in total. The van der Waals surface area contributed by atoms with Crippen molar-refractivity contribution in [2.24, 2.45) is 0 Å². The molecule has 2 N–H and O–H groups in total. The molecular formula is C8H18N2O3S. The lowest BCUT2D eigenvalue weighted by Crippen LogP contribution is -2.43. The van der Waals surface area contributed by atoms with Crippen molar-refractivity contribution >= 4 is 10.1 Å². The fourth-order valence-corrected chi connectivity index (χ4v) is 2.06. The van der Waals surface area contributed by atoms with Gasteiger partial charge in [-0.15, -0.1) is 0 Å². The van der Waals surface area contributed by atoms with E-state index in [2.05, 4.69) is 4.90 Å². The zero-order valence-electron chi connectivity index (χ0n) is 9.22. The van der Waals surface area contributed by atoms with Crippen LogP contribution in [-0.4, -0.2) is 56.3 Å². The number of rotatable bonds is 5. The maximum atomic E-state index is 10.4. The first-order valence-corrected chi connectivity index (χ1v) is 6.49. The zero-order chi connectivity index (χ0) is 11.3. The van der Waals surface area contributed by atoms with Crippen LogP contribution < -0.4 is 5.31 Å². The lowest BCUT2D eigenvalue weighted by molar-refractivity contribution is 0.238. The number of nitrogens with zero attached hydrogens (tertiary/aromatic N) is 1. The molecule has 1 aliphatic rings. The van der Waals surface area contributed by atoms with E-state index >= 15 is 0 Å². The predicted octanol–water partition coefficient (Wildman–Crippen LogP) is -0.440. The Kier molecular flexibility index (Phi) is 4.18. The van der Waals surface area contributed by atoms with E-state index in [4.69, 9.17) is 5.96 Å². The molecule has 1 heterocycles. The van der Waals surface area contributed by atoms with Gasteiger partial charge in [0.15, 0.2) is 0 Å². The van der Waals surface area contributed by atoms with Crippen LogP contribution in [0.25, 0.3) is 0 Å². The van der Waals surface area contributed by atoms with Gasteiger partial charge in [-0.05, 0) is 19.4 Å². The van der Waals surface area contributed by atoms with Gasteiger partial charge in [0.05, 0.1) is 5.75 Å². The molecule has 0 saturated carbocycles. The summed E-state index contributed by atoms with van der Waals surface area (Å²) >= 11 is 0. The van der Waals surface area contributed by atoms with Crippen molar-refractivity contribution in [3.63, 3.8) is 0 Å². The highest BCUT2D eigenvalue weighted by Crippen LogP contribution is 1.99. The van der Waals surface area contributed by atoms with Gasteiger partial charge >= 0.3 is 0 Å². The first-order valence-electron chi connectivity index (χ1n) is 5.33. The lowest BCUT2D eigenvalue weighted by Gasteiger charge is -2.26. The largest absolute Gasteiger partial charge is 0.314 e. The van der Waals surface area contributed by atoms with Crippen molar-refractivity contribution in [3.05, 3.63) is 0 Å². The van der Waals surface area contributed by atoms with E-state index in [1.165, 1.54) is 5.31 Å². The molecule has 0 atom stereocenters. The highest BCUT2D eigenvalue weighted by atomic mass is 32.2. The zero-order valence-corrected chi connectivity index (χ0v) is 9.04. The Morgan fingerprint density at radius 1 is 1.36 bits per heavy atom. The quantitative estimate of drug-likeness (QED) is 0.488. The minimum Gasteiger partial charge on any atom is -0.314 e. The van der Waals surface area contributed by atoms with E-state index in [9.17, 15) is 8.42 Å². The van der Waals surface area contributed by atoms with Gasteiger partial charge in [-0.3, -0.25) is 4.55 Å². The average Bonchev–Trinajstić information content (AvgIpc) is 2.14. The summed E-state index contributed by atoms with van der Waals surface area (Å²) < 4.78 is 36.7. The Hall–Kier alpha value is -0.170. The summed E-state index contributed by atoms with van der Waals surface area (Å²) in [6, 6.07) is 0. The Morgan fingerprint density at radius 2 is 2.00 bits per heavy atom. The maximum absolute atomic E-state index is 10.4. The Labute approximate surface area is 86.7 Å². The summed E-state index contributed by atoms with van der Waals surface area (Å²) in [4.78, 5) is 2.22. The third kappa shape index (κ3) is 5.54. The van der Waals surface area contributed by atoms with Gasteiger partial charge in [0.25, 0.3) is 10.1 Å². The van der Waals surface area contributed by atoms with E-state index in [1.54, 1.807) is 0 Å². The van der Waals surface area contributed by atoms with Crippen LogP contribution in [0.15, 0.2) is 0 Å². The normalized spacial score (nSPS) is 22.2. The van der Waals surface area contributed by atoms with E-state index in [0.29, 0.717) is 6.42 Å². The molecule has 0 unspecified atom stereocenters. The molecule has 1 saturated heterocycles. The first-order chi connectivity index (χ1) is 6.97. The first kappa shape index (κ1) is 10.4. The second kappa shape index (κ2) is 5.65. The molecule has 84 valence electrons. The van der Waals surface area contributed by atoms with Crippen LogP contribution in [0.4, 0.5) is 0 Å². The maximum Gasteiger partial charge on any atom is 0.264 e. The number of unbranched alkanes of at least 4 members (excludes halogenated alkanes) is 1. The summed E-state index contributed by atoms with van der Waals surface area (Å²) in [7, 11) is -3.79. The van der Waals surface area contributed by atoms with Gasteiger partial charge in [-0.25, -0.2) is 0 Å². The van der Waals surface area contributed by atoms with Crippen molar-refractivity contribution in [1.82, 2.24) is 10.2 Å². The second-order valence-electron chi connectivity index (χ2n) is 3.51. The molecule has 0 radical (unpaired) electrons. The smallest absolute Gasteiger partial charge is 0.264 e. The average molecular weight is 223 g/mol. The molecule has 0 aromatic heterocycles. The predicted molar refractivity (Wildman–Crippen MR) is 55.0 cm³/mol. The molecule has 1 aliphatic heterocycles. The van der Waals surface area contributed by atoms with Crippen LogP contribution in [0.1, 0.15) is 12.8 Å². The van der Waals surface area contributed by atoms with Crippen LogP contribution in [-0.2, 0) is 10.1 Å². The fourth-order valence-electron chi connectivity index (χ4n) is 1.49. The van der Waals surface area contributed by atoms with E-state index in [1.807, 2.05) is 0 Å². The van der Waals surface area contributed by atoms with Crippen LogP contribution in [0, 0.1) is 0 Å². The molecule has 1 fully saturated rings. The summed E-state index contributed by atoms with van der Waals surface area (Å²) in [6.45, 7) is 4.09. The molecule has 0 aromatic carbocycles. The van der Waals surface area contributed by atoms with Crippen molar-refractivity contribution in [3.8, 4) is 0 Å². The van der Waals surface area contributed by atoms with E-state index < -0.39 is 10.1 Å².